The van der Waals surface area contributed by atoms with Gasteiger partial charge >= 0.3 is 5.97 Å². The molecule has 42 heavy (non-hydrogen) atoms. The van der Waals surface area contributed by atoms with E-state index in [2.05, 4.69) is 20.0 Å². The van der Waals surface area contributed by atoms with Gasteiger partial charge in [-0.3, -0.25) is 19.6 Å². The monoisotopic (exact) mass is 610 g/mol. The van der Waals surface area contributed by atoms with Gasteiger partial charge in [-0.2, -0.15) is 4.98 Å². The molecule has 1 aromatic heterocycles. The van der Waals surface area contributed by atoms with E-state index in [4.69, 9.17) is 4.74 Å². The second-order valence-corrected chi connectivity index (χ2v) is 12.8. The Balaban J connectivity index is 1.39. The molecule has 1 spiro atoms. The molecule has 0 atom stereocenters. The zero-order valence-electron chi connectivity index (χ0n) is 23.2. The minimum atomic E-state index is -4.22. The number of alkyl halides is 2. The van der Waals surface area contributed by atoms with Gasteiger partial charge in [0.15, 0.2) is 5.75 Å². The van der Waals surface area contributed by atoms with Crippen LogP contribution in [0.4, 0.5) is 36.3 Å². The van der Waals surface area contributed by atoms with E-state index in [0.717, 1.165) is 31.7 Å². The number of rotatable bonds is 9. The molecule has 0 bridgehead atoms. The fraction of sp³-hybridized carbons (Fsp3) is 0.556. The molecule has 3 heterocycles. The Hall–Kier alpha value is -3.62. The van der Waals surface area contributed by atoms with E-state index in [1.165, 1.54) is 12.3 Å². The van der Waals surface area contributed by atoms with Crippen LogP contribution in [-0.2, 0) is 19.6 Å². The van der Waals surface area contributed by atoms with Gasteiger partial charge in [-0.05, 0) is 56.2 Å². The van der Waals surface area contributed by atoms with Gasteiger partial charge in [0.25, 0.3) is 11.8 Å². The van der Waals surface area contributed by atoms with Crippen LogP contribution in [0.5, 0.6) is 0 Å². The van der Waals surface area contributed by atoms with Gasteiger partial charge in [0, 0.05) is 45.2 Å². The number of nitrogens with one attached hydrogen (secondary N) is 2. The van der Waals surface area contributed by atoms with Crippen molar-refractivity contribution in [2.75, 3.05) is 58.4 Å². The van der Waals surface area contributed by atoms with Crippen molar-refractivity contribution in [1.82, 2.24) is 9.97 Å². The smallest absolute Gasteiger partial charge is 0.323 e. The molecule has 1 aromatic carbocycles. The first-order valence-electron chi connectivity index (χ1n) is 13.9. The van der Waals surface area contributed by atoms with Gasteiger partial charge in [-0.25, -0.2) is 26.6 Å². The summed E-state index contributed by atoms with van der Waals surface area (Å²) >= 11 is 0. The maximum atomic E-state index is 15.7. The second-order valence-electron chi connectivity index (χ2n) is 11.0. The molecular weight excluding hydrogens is 577 g/mol. The van der Waals surface area contributed by atoms with Crippen molar-refractivity contribution in [2.45, 2.75) is 51.4 Å². The maximum absolute atomic E-state index is 15.7. The highest BCUT2D eigenvalue weighted by atomic mass is 32.2. The Morgan fingerprint density at radius 2 is 1.69 bits per heavy atom. The van der Waals surface area contributed by atoms with E-state index < -0.39 is 39.4 Å². The van der Waals surface area contributed by atoms with E-state index in [-0.39, 0.29) is 60.8 Å². The summed E-state index contributed by atoms with van der Waals surface area (Å²) in [5, 5.41) is 2.51. The van der Waals surface area contributed by atoms with Crippen LogP contribution >= 0.6 is 0 Å². The van der Waals surface area contributed by atoms with Gasteiger partial charge in [0.2, 0.25) is 16.0 Å². The standard InChI is InChI=1S/C27H33F3N6O5S/c1-2-41-22(37)17-42(39,40)34-18-15-19(28)23(20(16-18)35-11-6-26(4-5-26)7-12-35)24(38)33-25-31-10-3-21(32-25)36-13-8-27(29,30)9-14-36/h3,10,15-16,34H,2,4-9,11-14,17H2,1H3,(H,31,32,33,38). The number of aromatic nitrogens is 2. The number of ether oxygens (including phenoxy) is 1. The third-order valence-corrected chi connectivity index (χ3v) is 9.15. The van der Waals surface area contributed by atoms with E-state index in [1.54, 1.807) is 17.9 Å². The van der Waals surface area contributed by atoms with E-state index >= 15 is 4.39 Å². The topological polar surface area (TPSA) is 134 Å². The molecule has 228 valence electrons. The molecule has 2 saturated heterocycles. The first-order chi connectivity index (χ1) is 19.9. The summed E-state index contributed by atoms with van der Waals surface area (Å²) < 4.78 is 74.9. The number of hydrogen-bond acceptors (Lipinski definition) is 9. The number of sulfonamides is 1. The Morgan fingerprint density at radius 3 is 2.33 bits per heavy atom. The number of halogens is 3. The summed E-state index contributed by atoms with van der Waals surface area (Å²) in [5.41, 5.74) is 0.00590. The lowest BCUT2D eigenvalue weighted by molar-refractivity contribution is -0.139. The predicted molar refractivity (Wildman–Crippen MR) is 150 cm³/mol. The Labute approximate surface area is 241 Å². The fourth-order valence-corrected chi connectivity index (χ4v) is 6.35. The average Bonchev–Trinajstić information content (AvgIpc) is 3.66. The number of hydrogen-bond donors (Lipinski definition) is 2. The zero-order valence-corrected chi connectivity index (χ0v) is 24.0. The fourth-order valence-electron chi connectivity index (χ4n) is 5.41. The average molecular weight is 611 g/mol. The molecule has 1 saturated carbocycles. The maximum Gasteiger partial charge on any atom is 0.323 e. The van der Waals surface area contributed by atoms with Crippen LogP contribution in [0.2, 0.25) is 0 Å². The predicted octanol–water partition coefficient (Wildman–Crippen LogP) is 3.79. The molecule has 1 amide bonds. The summed E-state index contributed by atoms with van der Waals surface area (Å²) in [7, 11) is -4.22. The molecule has 11 nitrogen and oxygen atoms in total. The zero-order chi connectivity index (χ0) is 30.1. The molecule has 0 unspecified atom stereocenters. The van der Waals surface area contributed by atoms with Crippen molar-refractivity contribution < 1.29 is 35.9 Å². The van der Waals surface area contributed by atoms with Crippen LogP contribution in [0.1, 0.15) is 55.8 Å². The molecule has 1 aliphatic carbocycles. The van der Waals surface area contributed by atoms with Crippen LogP contribution in [0.15, 0.2) is 24.4 Å². The summed E-state index contributed by atoms with van der Waals surface area (Å²) in [5.74, 6) is -6.25. The molecule has 15 heteroatoms. The number of carbonyl (C=O) groups is 2. The molecule has 3 aliphatic rings. The van der Waals surface area contributed by atoms with Crippen molar-refractivity contribution in [3.05, 3.63) is 35.8 Å². The number of benzene rings is 1. The Bertz CT molecular complexity index is 1450. The van der Waals surface area contributed by atoms with E-state index in [0.29, 0.717) is 18.9 Å². The van der Waals surface area contributed by atoms with Crippen LogP contribution in [0, 0.1) is 11.2 Å². The molecule has 3 fully saturated rings. The summed E-state index contributed by atoms with van der Waals surface area (Å²) in [4.78, 5) is 37.0. The minimum absolute atomic E-state index is 0.00792. The van der Waals surface area contributed by atoms with Crippen molar-refractivity contribution in [3.8, 4) is 0 Å². The first kappa shape index (κ1) is 29.9. The molecular formula is C27H33F3N6O5S. The van der Waals surface area contributed by atoms with Crippen LogP contribution in [0.3, 0.4) is 0 Å². The highest BCUT2D eigenvalue weighted by molar-refractivity contribution is 7.93. The minimum Gasteiger partial charge on any atom is -0.465 e. The second kappa shape index (κ2) is 11.6. The third kappa shape index (κ3) is 7.05. The molecule has 2 aliphatic heterocycles. The molecule has 0 radical (unpaired) electrons. The quantitative estimate of drug-likeness (QED) is 0.407. The number of nitrogens with zero attached hydrogens (tertiary/aromatic N) is 4. The SMILES string of the molecule is CCOC(=O)CS(=O)(=O)Nc1cc(F)c(C(=O)Nc2nccc(N3CCC(F)(F)CC3)n2)c(N2CCC3(CC2)CC3)c1. The van der Waals surface area contributed by atoms with Gasteiger partial charge in [0.05, 0.1) is 23.5 Å². The number of amides is 1. The van der Waals surface area contributed by atoms with E-state index in [9.17, 15) is 26.8 Å². The Morgan fingerprint density at radius 1 is 1.02 bits per heavy atom. The van der Waals surface area contributed by atoms with Crippen molar-refractivity contribution >= 4 is 45.0 Å². The van der Waals surface area contributed by atoms with Gasteiger partial charge in [-0.15, -0.1) is 0 Å². The third-order valence-electron chi connectivity index (χ3n) is 7.99. The lowest BCUT2D eigenvalue weighted by atomic mass is 9.93. The first-order valence-corrected chi connectivity index (χ1v) is 15.5. The van der Waals surface area contributed by atoms with Crippen molar-refractivity contribution in [1.29, 1.82) is 0 Å². The highest BCUT2D eigenvalue weighted by Crippen LogP contribution is 2.54. The van der Waals surface area contributed by atoms with Gasteiger partial charge in [0.1, 0.15) is 11.6 Å². The normalized spacial score (nSPS) is 19.3. The van der Waals surface area contributed by atoms with Crippen molar-refractivity contribution in [2.24, 2.45) is 5.41 Å². The molecule has 2 aromatic rings. The summed E-state index contributed by atoms with van der Waals surface area (Å²) in [6, 6.07) is 3.79. The van der Waals surface area contributed by atoms with Crippen LogP contribution < -0.4 is 19.8 Å². The Kier molecular flexibility index (Phi) is 8.23. The lowest BCUT2D eigenvalue weighted by Gasteiger charge is -2.35. The number of piperidine rings is 2. The highest BCUT2D eigenvalue weighted by Gasteiger charge is 2.45. The van der Waals surface area contributed by atoms with Crippen molar-refractivity contribution in [3.63, 3.8) is 0 Å². The molecule has 5 rings (SSSR count). The largest absolute Gasteiger partial charge is 0.465 e. The summed E-state index contributed by atoms with van der Waals surface area (Å²) in [6.07, 6.45) is 4.70. The number of esters is 1. The van der Waals surface area contributed by atoms with Gasteiger partial charge < -0.3 is 14.5 Å². The van der Waals surface area contributed by atoms with Crippen LogP contribution in [-0.4, -0.2) is 74.7 Å². The lowest BCUT2D eigenvalue weighted by Crippen LogP contribution is -2.39. The van der Waals surface area contributed by atoms with E-state index in [1.807, 2.05) is 4.90 Å². The number of anilines is 4. The molecule has 2 N–H and O–H groups in total. The number of carbonyl (C=O) groups excluding carboxylic acids is 2. The summed E-state index contributed by atoms with van der Waals surface area (Å²) in [6.45, 7) is 2.81. The van der Waals surface area contributed by atoms with Gasteiger partial charge in [-0.1, -0.05) is 0 Å². The van der Waals surface area contributed by atoms with Crippen LogP contribution in [0.25, 0.3) is 0 Å².